The predicted octanol–water partition coefficient (Wildman–Crippen LogP) is 6.35. The molecule has 2 spiro atoms. The average molecular weight is 736 g/mol. The fraction of sp³-hybridized carbons (Fsp3) is 0.605. The maximum atomic E-state index is 14.3. The number of rotatable bonds is 5. The lowest BCUT2D eigenvalue weighted by Gasteiger charge is -2.63. The number of carbonyl (C=O) groups is 2. The molecule has 3 N–H and O–H groups in total. The molecule has 2 saturated heterocycles. The van der Waals surface area contributed by atoms with E-state index < -0.39 is 40.0 Å². The zero-order valence-electron chi connectivity index (χ0n) is 32.6. The van der Waals surface area contributed by atoms with Crippen molar-refractivity contribution >= 4 is 23.6 Å². The molecule has 11 atom stereocenters. The largest absolute Gasteiger partial charge is 0.503 e. The van der Waals surface area contributed by atoms with Gasteiger partial charge in [0.15, 0.2) is 11.5 Å². The minimum absolute atomic E-state index is 0.0327. The number of para-hydroxylation sites is 1. The second-order valence-corrected chi connectivity index (χ2v) is 19.7. The van der Waals surface area contributed by atoms with Crippen LogP contribution in [0.3, 0.4) is 0 Å². The zero-order chi connectivity index (χ0) is 38.4. The molecule has 0 radical (unpaired) electrons. The Kier molecular flexibility index (Phi) is 6.33. The van der Waals surface area contributed by atoms with Gasteiger partial charge < -0.3 is 24.8 Å². The fourth-order valence-corrected chi connectivity index (χ4v) is 14.9. The number of aliphatic hydroxyl groups is 2. The van der Waals surface area contributed by atoms with E-state index in [0.717, 1.165) is 18.4 Å². The second-order valence-electron chi connectivity index (χ2n) is 19.7. The Morgan fingerprint density at radius 2 is 1.87 bits per heavy atom. The minimum Gasteiger partial charge on any atom is -0.503 e. The number of aliphatic hydroxyl groups excluding tert-OH is 1. The van der Waals surface area contributed by atoms with Crippen LogP contribution in [0.15, 0.2) is 67.0 Å². The number of amides is 2. The van der Waals surface area contributed by atoms with E-state index in [4.69, 9.17) is 14.6 Å². The third-order valence-electron chi connectivity index (χ3n) is 17.0. The molecule has 4 aliphatic heterocycles. The van der Waals surface area contributed by atoms with Crippen LogP contribution in [0.2, 0.25) is 0 Å². The third-order valence-corrected chi connectivity index (χ3v) is 17.0. The van der Waals surface area contributed by atoms with Gasteiger partial charge in [0.25, 0.3) is 11.8 Å². The Labute approximate surface area is 317 Å². The molecule has 1 aromatic carbocycles. The topological polar surface area (TPSA) is 129 Å². The van der Waals surface area contributed by atoms with Gasteiger partial charge in [0.2, 0.25) is 5.79 Å². The van der Waals surface area contributed by atoms with Crippen LogP contribution in [0.1, 0.15) is 97.9 Å². The number of carbonyl (C=O) groups excluding carboxylic acids is 2. The molecule has 11 unspecified atom stereocenters. The fourth-order valence-electron chi connectivity index (χ4n) is 14.9. The molecule has 10 rings (SSSR count). The minimum atomic E-state index is -1.61. The maximum Gasteiger partial charge on any atom is 0.296 e. The van der Waals surface area contributed by atoms with E-state index in [1.54, 1.807) is 29.6 Å². The van der Waals surface area contributed by atoms with Crippen molar-refractivity contribution < 1.29 is 29.4 Å². The first kappa shape index (κ1) is 34.6. The highest BCUT2D eigenvalue weighted by atomic mass is 16.7. The highest BCUT2D eigenvalue weighted by Crippen LogP contribution is 2.86. The molecule has 5 heterocycles. The third kappa shape index (κ3) is 3.40. The van der Waals surface area contributed by atoms with Crippen molar-refractivity contribution in [2.24, 2.45) is 44.8 Å². The number of ether oxygens (including phenoxy) is 1. The Morgan fingerprint density at radius 3 is 2.59 bits per heavy atom. The number of benzene rings is 1. The van der Waals surface area contributed by atoms with Gasteiger partial charge in [0, 0.05) is 29.5 Å². The van der Waals surface area contributed by atoms with Gasteiger partial charge in [-0.05, 0) is 83.5 Å². The van der Waals surface area contributed by atoms with Gasteiger partial charge in [-0.2, -0.15) is 0 Å². The van der Waals surface area contributed by atoms with E-state index in [0.29, 0.717) is 29.6 Å². The van der Waals surface area contributed by atoms with Gasteiger partial charge in [-0.25, -0.2) is 10.0 Å². The summed E-state index contributed by atoms with van der Waals surface area (Å²) in [6.07, 6.45) is 13.5. The van der Waals surface area contributed by atoms with Gasteiger partial charge in [-0.15, -0.1) is 6.58 Å². The van der Waals surface area contributed by atoms with E-state index in [-0.39, 0.29) is 45.4 Å². The Balaban J connectivity index is 1.07. The van der Waals surface area contributed by atoms with Crippen LogP contribution < -0.4 is 10.4 Å². The number of aromatic nitrogens is 2. The highest BCUT2D eigenvalue weighted by Gasteiger charge is 2.86. The quantitative estimate of drug-likeness (QED) is 0.240. The number of hydroxylamine groups is 1. The number of anilines is 1. The monoisotopic (exact) mass is 735 g/mol. The van der Waals surface area contributed by atoms with Crippen molar-refractivity contribution in [1.29, 1.82) is 0 Å². The van der Waals surface area contributed by atoms with Crippen LogP contribution in [-0.4, -0.2) is 61.3 Å². The molecule has 8 aliphatic rings. The van der Waals surface area contributed by atoms with Gasteiger partial charge in [0.1, 0.15) is 5.70 Å². The summed E-state index contributed by atoms with van der Waals surface area (Å²) in [4.78, 5) is 40.8. The number of nitrogens with one attached hydrogen (secondary N) is 1. The Bertz CT molecular complexity index is 2140. The molecule has 54 heavy (non-hydrogen) atoms. The van der Waals surface area contributed by atoms with Gasteiger partial charge in [0.05, 0.1) is 36.3 Å². The summed E-state index contributed by atoms with van der Waals surface area (Å²) < 4.78 is 8.87. The Morgan fingerprint density at radius 1 is 1.13 bits per heavy atom. The van der Waals surface area contributed by atoms with Gasteiger partial charge in [-0.3, -0.25) is 19.3 Å². The molecule has 4 saturated carbocycles. The smallest absolute Gasteiger partial charge is 0.296 e. The molecule has 2 bridgehead atoms. The van der Waals surface area contributed by atoms with E-state index in [9.17, 15) is 19.8 Å². The summed E-state index contributed by atoms with van der Waals surface area (Å²) in [6.45, 7) is 20.1. The van der Waals surface area contributed by atoms with Crippen LogP contribution in [0.4, 0.5) is 5.69 Å². The first-order valence-electron chi connectivity index (χ1n) is 19.6. The summed E-state index contributed by atoms with van der Waals surface area (Å²) in [5, 5.41) is 28.7. The van der Waals surface area contributed by atoms with Crippen molar-refractivity contribution in [3.05, 3.63) is 78.2 Å². The molecule has 11 heteroatoms. The van der Waals surface area contributed by atoms with Crippen molar-refractivity contribution in [3.63, 3.8) is 0 Å². The maximum absolute atomic E-state index is 14.3. The van der Waals surface area contributed by atoms with Crippen LogP contribution in [0.5, 0.6) is 0 Å². The van der Waals surface area contributed by atoms with Crippen molar-refractivity contribution in [1.82, 2.24) is 19.8 Å². The first-order chi connectivity index (χ1) is 25.3. The standard InChI is InChI=1S/C43H53N5O6/c1-10-37(5,6)41-19-30(49)35(51)47-28(34(50)45-43(41,47)48(53-9)27-14-12-11-13-26(27)41)17-25-21-46(23-44-25)29-18-42(52)39(8)20-31(54-42)32-33-36(3,4)15-16-38(33,7)22-40(32,39)24(29)2/h10-14,17,19,21,23-24,29,31-33,49,52H,1,15-16,18,20,22H2,2-9H3,(H,45,50). The molecular weight excluding hydrogens is 683 g/mol. The lowest BCUT2D eigenvalue weighted by molar-refractivity contribution is -0.347. The predicted molar refractivity (Wildman–Crippen MR) is 201 cm³/mol. The molecule has 11 nitrogen and oxygen atoms in total. The van der Waals surface area contributed by atoms with Gasteiger partial charge in [-0.1, -0.05) is 72.7 Å². The number of hydrogen-bond donors (Lipinski definition) is 3. The average Bonchev–Trinajstić information content (AvgIpc) is 3.94. The summed E-state index contributed by atoms with van der Waals surface area (Å²) in [6, 6.07) is 7.47. The number of allylic oxidation sites excluding steroid dienone is 1. The first-order valence-corrected chi connectivity index (χ1v) is 19.6. The van der Waals surface area contributed by atoms with E-state index >= 15 is 0 Å². The van der Waals surface area contributed by atoms with Crippen molar-refractivity contribution in [3.8, 4) is 0 Å². The second kappa shape index (κ2) is 9.89. The van der Waals surface area contributed by atoms with E-state index in [1.807, 2.05) is 44.3 Å². The van der Waals surface area contributed by atoms with Crippen LogP contribution in [0, 0.1) is 44.8 Å². The zero-order valence-corrected chi connectivity index (χ0v) is 32.6. The van der Waals surface area contributed by atoms with E-state index in [2.05, 4.69) is 51.1 Å². The van der Waals surface area contributed by atoms with Crippen LogP contribution in [-0.2, 0) is 24.6 Å². The molecular formula is C43H53N5O6. The SMILES string of the molecule is C=CC(C)(C)C12C=C(O)C(=O)N3C(=Cc4cn(C5CC6(O)OC7CC6(C)C6(CC8(C)CCC(C)(C)C8C76)C5C)cn4)C(=O)NC31N(OC)c1ccccc12. The summed E-state index contributed by atoms with van der Waals surface area (Å²) in [5.41, 5.74) is -0.144. The summed E-state index contributed by atoms with van der Waals surface area (Å²) in [5.74, 6) is -3.46. The summed E-state index contributed by atoms with van der Waals surface area (Å²) >= 11 is 0. The lowest BCUT2D eigenvalue weighted by atomic mass is 9.47. The number of hydrogen-bond acceptors (Lipinski definition) is 8. The number of fused-ring (bicyclic) bond motifs is 6. The highest BCUT2D eigenvalue weighted by molar-refractivity contribution is 6.10. The van der Waals surface area contributed by atoms with E-state index in [1.165, 1.54) is 24.9 Å². The Hall–Kier alpha value is -3.93. The van der Waals surface area contributed by atoms with Crippen LogP contribution in [0.25, 0.3) is 6.08 Å². The molecule has 4 aliphatic carbocycles. The van der Waals surface area contributed by atoms with Crippen LogP contribution >= 0.6 is 0 Å². The molecule has 2 aromatic rings. The van der Waals surface area contributed by atoms with Crippen molar-refractivity contribution in [2.75, 3.05) is 12.2 Å². The summed E-state index contributed by atoms with van der Waals surface area (Å²) in [7, 11) is 1.50. The molecule has 6 fully saturated rings. The van der Waals surface area contributed by atoms with Gasteiger partial charge >= 0.3 is 0 Å². The normalized spacial score (nSPS) is 45.6. The molecule has 2 amide bonds. The number of nitrogens with zero attached hydrogens (tertiary/aromatic N) is 4. The van der Waals surface area contributed by atoms with Crippen molar-refractivity contribution in [2.45, 2.75) is 110 Å². The number of imidazole rings is 1. The lowest BCUT2D eigenvalue weighted by Crippen LogP contribution is -2.76. The molecule has 286 valence electrons. The molecule has 1 aromatic heterocycles.